The molecule has 0 aliphatic carbocycles. The van der Waals surface area contributed by atoms with Crippen molar-refractivity contribution in [3.05, 3.63) is 29.8 Å². The van der Waals surface area contributed by atoms with Crippen LogP contribution in [-0.2, 0) is 16.1 Å². The van der Waals surface area contributed by atoms with Crippen molar-refractivity contribution >= 4 is 11.9 Å². The highest BCUT2D eigenvalue weighted by Gasteiger charge is 2.29. The van der Waals surface area contributed by atoms with Crippen LogP contribution >= 0.6 is 0 Å². The molecule has 0 amide bonds. The van der Waals surface area contributed by atoms with Crippen LogP contribution < -0.4 is 10.1 Å². The van der Waals surface area contributed by atoms with Gasteiger partial charge in [0.05, 0.1) is 0 Å². The number of aliphatic hydroxyl groups excluding tert-OH is 2. The number of carbonyl (C=O) groups is 2. The first-order chi connectivity index (χ1) is 15.0. The zero-order chi connectivity index (χ0) is 24.3. The van der Waals surface area contributed by atoms with Crippen LogP contribution in [0, 0.1) is 11.8 Å². The van der Waals surface area contributed by atoms with Gasteiger partial charge in [0, 0.05) is 25.2 Å². The van der Waals surface area contributed by atoms with E-state index in [1.165, 1.54) is 6.42 Å². The fourth-order valence-corrected chi connectivity index (χ4v) is 3.31. The highest BCUT2D eigenvalue weighted by molar-refractivity contribution is 5.83. The Morgan fingerprint density at radius 3 is 2.22 bits per heavy atom. The molecule has 0 bridgehead atoms. The highest BCUT2D eigenvalue weighted by Crippen LogP contribution is 2.23. The summed E-state index contributed by atoms with van der Waals surface area (Å²) in [4.78, 5) is 21.9. The maximum Gasteiger partial charge on any atom is 0.387 e. The van der Waals surface area contributed by atoms with Gasteiger partial charge in [0.25, 0.3) is 0 Å². The third-order valence-corrected chi connectivity index (χ3v) is 4.69. The second-order valence-corrected chi connectivity index (χ2v) is 8.00. The van der Waals surface area contributed by atoms with Gasteiger partial charge >= 0.3 is 18.6 Å². The molecule has 1 aliphatic rings. The molecule has 0 saturated carbocycles. The minimum atomic E-state index is -2.78. The number of aliphatic hydroxyl groups is 2. The average Bonchev–Trinajstić information content (AvgIpc) is 3.20. The molecule has 1 aromatic rings. The Bertz CT molecular complexity index is 697. The van der Waals surface area contributed by atoms with Crippen molar-refractivity contribution in [2.75, 3.05) is 26.2 Å². The molecular formula is C21H32F2N2O7. The van der Waals surface area contributed by atoms with Gasteiger partial charge in [-0.2, -0.15) is 8.78 Å². The smallest absolute Gasteiger partial charge is 0.387 e. The molecular weight excluding hydrogens is 430 g/mol. The molecule has 1 heterocycles. The summed E-state index contributed by atoms with van der Waals surface area (Å²) in [7, 11) is 0. The summed E-state index contributed by atoms with van der Waals surface area (Å²) in [5.41, 5.74) is 0.828. The lowest BCUT2D eigenvalue weighted by atomic mass is 10.1. The highest BCUT2D eigenvalue weighted by atomic mass is 19.3. The number of halogens is 2. The van der Waals surface area contributed by atoms with E-state index in [-0.39, 0.29) is 5.75 Å². The average molecular weight is 462 g/mol. The lowest BCUT2D eigenvalue weighted by Gasteiger charge is -2.27. The largest absolute Gasteiger partial charge is 0.479 e. The van der Waals surface area contributed by atoms with E-state index in [1.807, 2.05) is 12.1 Å². The lowest BCUT2D eigenvalue weighted by Crippen LogP contribution is -2.39. The van der Waals surface area contributed by atoms with E-state index in [1.54, 1.807) is 12.1 Å². The van der Waals surface area contributed by atoms with Gasteiger partial charge in [-0.1, -0.05) is 32.0 Å². The SMILES string of the molecule is CC(C)CN(Cc1ccccc1OC(F)F)C[C@H]1CCNC1.O=C(O)C(O)C(O)C(=O)O. The number of alkyl halides is 2. The van der Waals surface area contributed by atoms with Gasteiger partial charge in [-0.25, -0.2) is 9.59 Å². The zero-order valence-electron chi connectivity index (χ0n) is 18.2. The zero-order valence-corrected chi connectivity index (χ0v) is 18.2. The number of nitrogens with one attached hydrogen (secondary N) is 1. The molecule has 2 rings (SSSR count). The molecule has 0 aromatic heterocycles. The van der Waals surface area contributed by atoms with Crippen molar-refractivity contribution in [2.45, 2.75) is 45.6 Å². The first kappa shape index (κ1) is 27.7. The number of carboxylic acid groups (broad SMARTS) is 2. The van der Waals surface area contributed by atoms with E-state index in [0.29, 0.717) is 18.4 Å². The first-order valence-corrected chi connectivity index (χ1v) is 10.3. The van der Waals surface area contributed by atoms with Crippen molar-refractivity contribution in [3.63, 3.8) is 0 Å². The van der Waals surface area contributed by atoms with Gasteiger partial charge in [0.15, 0.2) is 12.2 Å². The summed E-state index contributed by atoms with van der Waals surface area (Å²) >= 11 is 0. The molecule has 9 nitrogen and oxygen atoms in total. The van der Waals surface area contributed by atoms with Crippen molar-refractivity contribution in [1.29, 1.82) is 0 Å². The molecule has 32 heavy (non-hydrogen) atoms. The number of aliphatic carboxylic acids is 2. The minimum absolute atomic E-state index is 0.288. The molecule has 0 radical (unpaired) electrons. The number of ether oxygens (including phenoxy) is 1. The van der Waals surface area contributed by atoms with Crippen molar-refractivity contribution < 1.29 is 43.5 Å². The predicted molar refractivity (Wildman–Crippen MR) is 111 cm³/mol. The van der Waals surface area contributed by atoms with Gasteiger partial charge in [0.2, 0.25) is 0 Å². The van der Waals surface area contributed by atoms with Gasteiger partial charge < -0.3 is 30.5 Å². The summed E-state index contributed by atoms with van der Waals surface area (Å²) in [6.07, 6.45) is -3.35. The summed E-state index contributed by atoms with van der Waals surface area (Å²) in [5, 5.41) is 35.9. The maximum atomic E-state index is 12.5. The third kappa shape index (κ3) is 10.3. The molecule has 182 valence electrons. The summed E-state index contributed by atoms with van der Waals surface area (Å²) in [5.74, 6) is -2.07. The van der Waals surface area contributed by atoms with E-state index in [9.17, 15) is 18.4 Å². The normalized spacial score (nSPS) is 17.7. The Hall–Kier alpha value is -2.34. The molecule has 0 spiro atoms. The number of hydrogen-bond acceptors (Lipinski definition) is 7. The van der Waals surface area contributed by atoms with E-state index >= 15 is 0 Å². The number of carboxylic acids is 2. The first-order valence-electron chi connectivity index (χ1n) is 10.3. The van der Waals surface area contributed by atoms with Crippen LogP contribution in [0.5, 0.6) is 5.75 Å². The Morgan fingerprint density at radius 2 is 1.75 bits per heavy atom. The second-order valence-electron chi connectivity index (χ2n) is 8.00. The summed E-state index contributed by atoms with van der Waals surface area (Å²) in [6, 6.07) is 7.09. The molecule has 1 aromatic carbocycles. The van der Waals surface area contributed by atoms with Gasteiger partial charge in [0.1, 0.15) is 5.75 Å². The molecule has 5 N–H and O–H groups in total. The summed E-state index contributed by atoms with van der Waals surface area (Å²) < 4.78 is 29.7. The van der Waals surface area contributed by atoms with E-state index in [4.69, 9.17) is 20.4 Å². The molecule has 1 aliphatic heterocycles. The second kappa shape index (κ2) is 13.9. The van der Waals surface area contributed by atoms with Gasteiger partial charge in [-0.15, -0.1) is 0 Å². The van der Waals surface area contributed by atoms with Crippen LogP contribution in [0.4, 0.5) is 8.78 Å². The monoisotopic (exact) mass is 462 g/mol. The molecule has 11 heteroatoms. The summed E-state index contributed by atoms with van der Waals surface area (Å²) in [6.45, 7) is 6.31. The van der Waals surface area contributed by atoms with Crippen molar-refractivity contribution in [1.82, 2.24) is 10.2 Å². The van der Waals surface area contributed by atoms with E-state index in [2.05, 4.69) is 28.8 Å². The Kier molecular flexibility index (Phi) is 12.1. The van der Waals surface area contributed by atoms with Crippen LogP contribution in [0.3, 0.4) is 0 Å². The topological polar surface area (TPSA) is 140 Å². The molecule has 2 unspecified atom stereocenters. The fourth-order valence-electron chi connectivity index (χ4n) is 3.31. The van der Waals surface area contributed by atoms with Crippen LogP contribution in [0.1, 0.15) is 25.8 Å². The predicted octanol–water partition coefficient (Wildman–Crippen LogP) is 1.23. The van der Waals surface area contributed by atoms with Crippen LogP contribution in [-0.4, -0.2) is 82.3 Å². The molecule has 1 fully saturated rings. The molecule has 3 atom stereocenters. The quantitative estimate of drug-likeness (QED) is 0.328. The fraction of sp³-hybridized carbons (Fsp3) is 0.619. The number of nitrogens with zero attached hydrogens (tertiary/aromatic N) is 1. The Morgan fingerprint density at radius 1 is 1.16 bits per heavy atom. The van der Waals surface area contributed by atoms with E-state index in [0.717, 1.165) is 31.7 Å². The number of rotatable bonds is 11. The Balaban J connectivity index is 0.000000433. The van der Waals surface area contributed by atoms with E-state index < -0.39 is 30.8 Å². The number of para-hydroxylation sites is 1. The number of benzene rings is 1. The minimum Gasteiger partial charge on any atom is -0.479 e. The molecule has 1 saturated heterocycles. The Labute approximate surface area is 185 Å². The van der Waals surface area contributed by atoms with Crippen LogP contribution in [0.25, 0.3) is 0 Å². The lowest BCUT2D eigenvalue weighted by molar-refractivity contribution is -0.165. The van der Waals surface area contributed by atoms with Gasteiger partial charge in [-0.3, -0.25) is 4.90 Å². The van der Waals surface area contributed by atoms with Crippen molar-refractivity contribution in [2.24, 2.45) is 11.8 Å². The third-order valence-electron chi connectivity index (χ3n) is 4.69. The number of hydrogen-bond donors (Lipinski definition) is 5. The van der Waals surface area contributed by atoms with Gasteiger partial charge in [-0.05, 0) is 37.4 Å². The standard InChI is InChI=1S/C17H26F2N2O.C4H6O6/c1-13(2)10-21(11-14-7-8-20-9-14)12-15-5-3-4-6-16(15)22-17(18)19;5-1(3(7)8)2(6)4(9)10/h3-6,13-14,17,20H,7-12H2,1-2H3;1-2,5-6H,(H,7,8)(H,9,10)/t14-;/m0./s1. The van der Waals surface area contributed by atoms with Crippen molar-refractivity contribution in [3.8, 4) is 5.75 Å². The van der Waals surface area contributed by atoms with Crippen LogP contribution in [0.2, 0.25) is 0 Å². The van der Waals surface area contributed by atoms with Crippen LogP contribution in [0.15, 0.2) is 24.3 Å². The maximum absolute atomic E-state index is 12.5.